The molecule has 0 bridgehead atoms. The molecule has 78 valence electrons. The van der Waals surface area contributed by atoms with Gasteiger partial charge in [-0.1, -0.05) is 6.07 Å². The lowest BCUT2D eigenvalue weighted by Crippen LogP contribution is -2.17. The highest BCUT2D eigenvalue weighted by atomic mass is 127. The van der Waals surface area contributed by atoms with E-state index >= 15 is 0 Å². The third-order valence-corrected chi connectivity index (χ3v) is 2.61. The quantitative estimate of drug-likeness (QED) is 0.718. The number of nitrogens with zero attached hydrogens (tertiary/aromatic N) is 1. The van der Waals surface area contributed by atoms with Crippen LogP contribution >= 0.6 is 22.6 Å². The summed E-state index contributed by atoms with van der Waals surface area (Å²) in [5, 5.41) is 0. The predicted molar refractivity (Wildman–Crippen MR) is 58.5 cm³/mol. The van der Waals surface area contributed by atoms with Crippen LogP contribution in [-0.2, 0) is 6.18 Å². The molecule has 0 radical (unpaired) electrons. The summed E-state index contributed by atoms with van der Waals surface area (Å²) in [6.45, 7) is 0. The van der Waals surface area contributed by atoms with Gasteiger partial charge in [0.05, 0.1) is 11.3 Å². The normalized spacial score (nSPS) is 11.6. The van der Waals surface area contributed by atoms with Crippen molar-refractivity contribution in [1.29, 1.82) is 0 Å². The smallest absolute Gasteiger partial charge is 0.376 e. The van der Waals surface area contributed by atoms with Crippen molar-refractivity contribution in [3.8, 4) is 0 Å². The van der Waals surface area contributed by atoms with Gasteiger partial charge in [-0.25, -0.2) is 0 Å². The van der Waals surface area contributed by atoms with E-state index in [2.05, 4.69) is 0 Å². The zero-order valence-corrected chi connectivity index (χ0v) is 9.85. The second-order valence-corrected chi connectivity index (χ2v) is 4.19. The maximum Gasteiger partial charge on any atom is 0.418 e. The van der Waals surface area contributed by atoms with Gasteiger partial charge >= 0.3 is 6.18 Å². The molecule has 0 saturated heterocycles. The summed E-state index contributed by atoms with van der Waals surface area (Å²) in [4.78, 5) is 1.48. The van der Waals surface area contributed by atoms with Gasteiger partial charge in [0.15, 0.2) is 0 Å². The Morgan fingerprint density at radius 3 is 2.14 bits per heavy atom. The highest BCUT2D eigenvalue weighted by Gasteiger charge is 2.34. The van der Waals surface area contributed by atoms with Crippen molar-refractivity contribution in [3.05, 3.63) is 27.3 Å². The van der Waals surface area contributed by atoms with E-state index < -0.39 is 11.7 Å². The van der Waals surface area contributed by atoms with Crippen molar-refractivity contribution in [2.45, 2.75) is 6.18 Å². The molecule has 0 aromatic heterocycles. The van der Waals surface area contributed by atoms with Crippen molar-refractivity contribution >= 4 is 28.3 Å². The van der Waals surface area contributed by atoms with Crippen LogP contribution in [-0.4, -0.2) is 14.1 Å². The lowest BCUT2D eigenvalue weighted by atomic mass is 10.1. The van der Waals surface area contributed by atoms with Crippen LogP contribution in [0.4, 0.5) is 18.9 Å². The van der Waals surface area contributed by atoms with Gasteiger partial charge in [-0.05, 0) is 34.7 Å². The van der Waals surface area contributed by atoms with Gasteiger partial charge in [0.25, 0.3) is 0 Å². The molecule has 0 aliphatic heterocycles. The highest BCUT2D eigenvalue weighted by Crippen LogP contribution is 2.38. The number of rotatable bonds is 1. The van der Waals surface area contributed by atoms with Gasteiger partial charge in [-0.2, -0.15) is 13.2 Å². The number of hydrogen-bond donors (Lipinski definition) is 0. The Balaban J connectivity index is 3.36. The molecule has 14 heavy (non-hydrogen) atoms. The fourth-order valence-electron chi connectivity index (χ4n) is 1.20. The summed E-state index contributed by atoms with van der Waals surface area (Å²) in [6.07, 6.45) is -4.29. The molecular formula is C9H9F3IN. The molecule has 0 aliphatic carbocycles. The SMILES string of the molecule is CN(C)c1c(I)cccc1C(F)(F)F. The number of benzene rings is 1. The highest BCUT2D eigenvalue weighted by molar-refractivity contribution is 14.1. The van der Waals surface area contributed by atoms with Crippen molar-refractivity contribution in [2.75, 3.05) is 19.0 Å². The second-order valence-electron chi connectivity index (χ2n) is 3.03. The Kier molecular flexibility index (Phi) is 3.28. The summed E-state index contributed by atoms with van der Waals surface area (Å²) in [5.74, 6) is 0. The van der Waals surface area contributed by atoms with E-state index in [-0.39, 0.29) is 5.69 Å². The van der Waals surface area contributed by atoms with Crippen LogP contribution in [0.1, 0.15) is 5.56 Å². The minimum atomic E-state index is -4.29. The largest absolute Gasteiger partial charge is 0.418 e. The maximum atomic E-state index is 12.6. The van der Waals surface area contributed by atoms with Gasteiger partial charge in [0.2, 0.25) is 0 Å². The average molecular weight is 315 g/mol. The number of anilines is 1. The lowest BCUT2D eigenvalue weighted by molar-refractivity contribution is -0.137. The Morgan fingerprint density at radius 1 is 1.21 bits per heavy atom. The molecule has 1 nitrogen and oxygen atoms in total. The first kappa shape index (κ1) is 11.6. The Bertz CT molecular complexity index is 333. The molecule has 0 saturated carbocycles. The molecule has 0 unspecified atom stereocenters. The van der Waals surface area contributed by atoms with Crippen molar-refractivity contribution in [1.82, 2.24) is 0 Å². The van der Waals surface area contributed by atoms with Crippen LogP contribution in [0.3, 0.4) is 0 Å². The summed E-state index contributed by atoms with van der Waals surface area (Å²) < 4.78 is 38.3. The third-order valence-electron chi connectivity index (χ3n) is 1.74. The van der Waals surface area contributed by atoms with E-state index in [0.29, 0.717) is 3.57 Å². The van der Waals surface area contributed by atoms with Gasteiger partial charge in [-0.3, -0.25) is 0 Å². The Hall–Kier alpha value is -0.460. The first-order valence-corrected chi connectivity index (χ1v) is 4.95. The third kappa shape index (κ3) is 2.31. The van der Waals surface area contributed by atoms with Crippen LogP contribution in [0.2, 0.25) is 0 Å². The molecule has 0 aliphatic rings. The van der Waals surface area contributed by atoms with Gasteiger partial charge in [0.1, 0.15) is 0 Å². The number of hydrogen-bond acceptors (Lipinski definition) is 1. The molecule has 5 heteroatoms. The zero-order valence-electron chi connectivity index (χ0n) is 7.69. The summed E-state index contributed by atoms with van der Waals surface area (Å²) >= 11 is 1.90. The minimum Gasteiger partial charge on any atom is -0.376 e. The summed E-state index contributed by atoms with van der Waals surface area (Å²) in [5.41, 5.74) is -0.366. The standard InChI is InChI=1S/C9H9F3IN/c1-14(2)8-6(9(10,11)12)4-3-5-7(8)13/h3-5H,1-2H3. The Morgan fingerprint density at radius 2 is 1.79 bits per heavy atom. The molecule has 1 rings (SSSR count). The first-order chi connectivity index (χ1) is 6.34. The molecule has 0 spiro atoms. The van der Waals surface area contributed by atoms with E-state index in [4.69, 9.17) is 0 Å². The maximum absolute atomic E-state index is 12.6. The molecular weight excluding hydrogens is 306 g/mol. The molecule has 0 fully saturated rings. The molecule has 0 N–H and O–H groups in total. The average Bonchev–Trinajstić information content (AvgIpc) is 2.01. The van der Waals surface area contributed by atoms with E-state index in [1.165, 1.54) is 11.0 Å². The topological polar surface area (TPSA) is 3.24 Å². The number of halogens is 4. The molecule has 0 atom stereocenters. The second kappa shape index (κ2) is 3.96. The number of alkyl halides is 3. The van der Waals surface area contributed by atoms with Crippen molar-refractivity contribution < 1.29 is 13.2 Å². The van der Waals surface area contributed by atoms with Gasteiger partial charge < -0.3 is 4.90 Å². The fraction of sp³-hybridized carbons (Fsp3) is 0.333. The van der Waals surface area contributed by atoms with Gasteiger partial charge in [0, 0.05) is 17.7 Å². The molecule has 1 aromatic carbocycles. The summed E-state index contributed by atoms with van der Waals surface area (Å²) in [7, 11) is 3.21. The van der Waals surface area contributed by atoms with Crippen LogP contribution in [0, 0.1) is 3.57 Å². The van der Waals surface area contributed by atoms with E-state index in [9.17, 15) is 13.2 Å². The monoisotopic (exact) mass is 315 g/mol. The fourth-order valence-corrected chi connectivity index (χ4v) is 2.18. The molecule has 1 aromatic rings. The van der Waals surface area contributed by atoms with Gasteiger partial charge in [-0.15, -0.1) is 0 Å². The summed E-state index contributed by atoms with van der Waals surface area (Å²) in [6, 6.07) is 4.17. The van der Waals surface area contributed by atoms with Crippen LogP contribution in [0.5, 0.6) is 0 Å². The Labute approximate surface area is 94.0 Å². The minimum absolute atomic E-state index is 0.223. The van der Waals surface area contributed by atoms with E-state index in [0.717, 1.165) is 6.07 Å². The zero-order chi connectivity index (χ0) is 10.9. The van der Waals surface area contributed by atoms with E-state index in [1.54, 1.807) is 20.2 Å². The number of para-hydroxylation sites is 1. The first-order valence-electron chi connectivity index (χ1n) is 3.87. The van der Waals surface area contributed by atoms with Crippen LogP contribution < -0.4 is 4.90 Å². The molecule has 0 heterocycles. The van der Waals surface area contributed by atoms with Crippen LogP contribution in [0.15, 0.2) is 18.2 Å². The van der Waals surface area contributed by atoms with Crippen LogP contribution in [0.25, 0.3) is 0 Å². The lowest BCUT2D eigenvalue weighted by Gasteiger charge is -2.20. The van der Waals surface area contributed by atoms with Crippen molar-refractivity contribution in [3.63, 3.8) is 0 Å². The van der Waals surface area contributed by atoms with Crippen molar-refractivity contribution in [2.24, 2.45) is 0 Å². The van der Waals surface area contributed by atoms with E-state index in [1.807, 2.05) is 22.6 Å². The molecule has 0 amide bonds. The predicted octanol–water partition coefficient (Wildman–Crippen LogP) is 3.38.